The largest absolute Gasteiger partial charge is 0.268 e. The summed E-state index contributed by atoms with van der Waals surface area (Å²) in [5, 5.41) is 0. The van der Waals surface area contributed by atoms with Crippen molar-refractivity contribution >= 4 is 29.2 Å². The van der Waals surface area contributed by atoms with Gasteiger partial charge in [-0.3, -0.25) is 9.59 Å². The number of hydrogen-bond donors (Lipinski definition) is 0. The third-order valence-electron chi connectivity index (χ3n) is 4.70. The summed E-state index contributed by atoms with van der Waals surface area (Å²) in [6.45, 7) is 3.96. The van der Waals surface area contributed by atoms with Crippen LogP contribution in [0.15, 0.2) is 72.8 Å². The van der Waals surface area contributed by atoms with Crippen molar-refractivity contribution in [2.45, 2.75) is 13.8 Å². The SMILES string of the molecule is Cc1cccc(C=C2C(=O)N(c3cccc(C)c3)C(=O)c3ccccc32)c1. The summed E-state index contributed by atoms with van der Waals surface area (Å²) in [7, 11) is 0. The Balaban J connectivity index is 1.91. The highest BCUT2D eigenvalue weighted by atomic mass is 16.2. The van der Waals surface area contributed by atoms with Gasteiger partial charge >= 0.3 is 0 Å². The number of hydrogen-bond acceptors (Lipinski definition) is 2. The topological polar surface area (TPSA) is 37.4 Å². The molecule has 2 amide bonds. The van der Waals surface area contributed by atoms with Gasteiger partial charge in [-0.15, -0.1) is 0 Å². The Morgan fingerprint density at radius 2 is 1.37 bits per heavy atom. The first-order valence-corrected chi connectivity index (χ1v) is 8.88. The van der Waals surface area contributed by atoms with Crippen LogP contribution < -0.4 is 4.90 Å². The van der Waals surface area contributed by atoms with E-state index < -0.39 is 0 Å². The van der Waals surface area contributed by atoms with Crippen LogP contribution in [0, 0.1) is 13.8 Å². The van der Waals surface area contributed by atoms with Crippen LogP contribution in [0.2, 0.25) is 0 Å². The minimum Gasteiger partial charge on any atom is -0.268 e. The third kappa shape index (κ3) is 3.08. The van der Waals surface area contributed by atoms with Gasteiger partial charge in [-0.05, 0) is 54.8 Å². The van der Waals surface area contributed by atoms with Gasteiger partial charge in [0.05, 0.1) is 5.69 Å². The summed E-state index contributed by atoms with van der Waals surface area (Å²) >= 11 is 0. The molecule has 0 aromatic heterocycles. The van der Waals surface area contributed by atoms with E-state index in [0.717, 1.165) is 16.7 Å². The van der Waals surface area contributed by atoms with Crippen LogP contribution in [-0.2, 0) is 4.79 Å². The first kappa shape index (κ1) is 17.0. The van der Waals surface area contributed by atoms with Crippen LogP contribution in [0.3, 0.4) is 0 Å². The standard InChI is InChI=1S/C24H19NO2/c1-16-7-5-9-18(13-16)15-22-20-11-3-4-12-21(20)23(26)25(24(22)27)19-10-6-8-17(2)14-19/h3-15H,1-2H3. The fourth-order valence-corrected chi connectivity index (χ4v) is 3.42. The number of rotatable bonds is 2. The molecular weight excluding hydrogens is 334 g/mol. The van der Waals surface area contributed by atoms with Gasteiger partial charge in [0, 0.05) is 11.1 Å². The molecule has 0 unspecified atom stereocenters. The Labute approximate surface area is 158 Å². The summed E-state index contributed by atoms with van der Waals surface area (Å²) in [6, 6.07) is 22.7. The van der Waals surface area contributed by atoms with E-state index in [-0.39, 0.29) is 11.8 Å². The van der Waals surface area contributed by atoms with E-state index in [0.29, 0.717) is 22.4 Å². The Morgan fingerprint density at radius 1 is 0.704 bits per heavy atom. The highest BCUT2D eigenvalue weighted by molar-refractivity contribution is 6.43. The molecule has 0 bridgehead atoms. The highest BCUT2D eigenvalue weighted by Crippen LogP contribution is 2.33. The summed E-state index contributed by atoms with van der Waals surface area (Å²) in [5.74, 6) is -0.589. The van der Waals surface area contributed by atoms with Crippen LogP contribution >= 0.6 is 0 Å². The molecule has 132 valence electrons. The summed E-state index contributed by atoms with van der Waals surface area (Å²) in [5.41, 5.74) is 5.39. The van der Waals surface area contributed by atoms with E-state index in [2.05, 4.69) is 0 Å². The summed E-state index contributed by atoms with van der Waals surface area (Å²) in [6.07, 6.45) is 1.86. The van der Waals surface area contributed by atoms with Gasteiger partial charge in [0.1, 0.15) is 0 Å². The molecule has 27 heavy (non-hydrogen) atoms. The quantitative estimate of drug-likeness (QED) is 0.478. The highest BCUT2D eigenvalue weighted by Gasteiger charge is 2.35. The fourth-order valence-electron chi connectivity index (χ4n) is 3.42. The second-order valence-corrected chi connectivity index (χ2v) is 6.80. The molecular formula is C24H19NO2. The molecule has 1 heterocycles. The van der Waals surface area contributed by atoms with Gasteiger partial charge in [0.25, 0.3) is 11.8 Å². The number of aryl methyl sites for hydroxylation is 2. The van der Waals surface area contributed by atoms with Crippen LogP contribution in [0.5, 0.6) is 0 Å². The predicted octanol–water partition coefficient (Wildman–Crippen LogP) is 5.03. The Morgan fingerprint density at radius 3 is 2.07 bits per heavy atom. The maximum absolute atomic E-state index is 13.3. The average molecular weight is 353 g/mol. The molecule has 0 atom stereocenters. The maximum atomic E-state index is 13.3. The zero-order valence-corrected chi connectivity index (χ0v) is 15.3. The smallest absolute Gasteiger partial charge is 0.265 e. The lowest BCUT2D eigenvalue weighted by Crippen LogP contribution is -2.41. The van der Waals surface area contributed by atoms with E-state index in [1.807, 2.05) is 80.6 Å². The van der Waals surface area contributed by atoms with Gasteiger partial charge < -0.3 is 0 Å². The van der Waals surface area contributed by atoms with Crippen LogP contribution in [0.1, 0.15) is 32.6 Å². The summed E-state index contributed by atoms with van der Waals surface area (Å²) in [4.78, 5) is 27.7. The van der Waals surface area contributed by atoms with Gasteiger partial charge in [0.2, 0.25) is 0 Å². The molecule has 4 rings (SSSR count). The molecule has 0 spiro atoms. The number of benzene rings is 3. The molecule has 3 aromatic carbocycles. The van der Waals surface area contributed by atoms with Crippen molar-refractivity contribution in [3.63, 3.8) is 0 Å². The zero-order valence-electron chi connectivity index (χ0n) is 15.3. The van der Waals surface area contributed by atoms with E-state index in [9.17, 15) is 9.59 Å². The molecule has 3 aromatic rings. The second-order valence-electron chi connectivity index (χ2n) is 6.80. The van der Waals surface area contributed by atoms with Crippen LogP contribution in [0.25, 0.3) is 11.6 Å². The third-order valence-corrected chi connectivity index (χ3v) is 4.70. The van der Waals surface area contributed by atoms with Crippen molar-refractivity contribution in [3.8, 4) is 0 Å². The normalized spacial score (nSPS) is 15.2. The zero-order chi connectivity index (χ0) is 19.0. The first-order chi connectivity index (χ1) is 13.0. The van der Waals surface area contributed by atoms with Crippen molar-refractivity contribution in [1.82, 2.24) is 0 Å². The molecule has 0 N–H and O–H groups in total. The molecule has 1 aliphatic rings. The molecule has 0 aliphatic carbocycles. The monoisotopic (exact) mass is 353 g/mol. The lowest BCUT2D eigenvalue weighted by atomic mass is 9.91. The fraction of sp³-hybridized carbons (Fsp3) is 0.0833. The summed E-state index contributed by atoms with van der Waals surface area (Å²) < 4.78 is 0. The van der Waals surface area contributed by atoms with Gasteiger partial charge in [-0.1, -0.05) is 60.2 Å². The van der Waals surface area contributed by atoms with Gasteiger partial charge in [-0.2, -0.15) is 0 Å². The average Bonchev–Trinajstić information content (AvgIpc) is 2.65. The first-order valence-electron chi connectivity index (χ1n) is 8.88. The van der Waals surface area contributed by atoms with Crippen molar-refractivity contribution in [1.29, 1.82) is 0 Å². The maximum Gasteiger partial charge on any atom is 0.265 e. The Hall–Kier alpha value is -3.46. The number of fused-ring (bicyclic) bond motifs is 1. The van der Waals surface area contributed by atoms with Gasteiger partial charge in [-0.25, -0.2) is 4.90 Å². The minimum atomic E-state index is -0.300. The lowest BCUT2D eigenvalue weighted by Gasteiger charge is -2.29. The second kappa shape index (κ2) is 6.69. The molecule has 0 radical (unpaired) electrons. The number of nitrogens with zero attached hydrogens (tertiary/aromatic N) is 1. The predicted molar refractivity (Wildman–Crippen MR) is 108 cm³/mol. The van der Waals surface area contributed by atoms with E-state index in [1.54, 1.807) is 12.1 Å². The molecule has 0 fully saturated rings. The van der Waals surface area contributed by atoms with Gasteiger partial charge in [0.15, 0.2) is 0 Å². The van der Waals surface area contributed by atoms with E-state index in [4.69, 9.17) is 0 Å². The molecule has 0 saturated carbocycles. The number of carbonyl (C=O) groups is 2. The van der Waals surface area contributed by atoms with E-state index >= 15 is 0 Å². The molecule has 3 nitrogen and oxygen atoms in total. The molecule has 3 heteroatoms. The Kier molecular flexibility index (Phi) is 4.21. The van der Waals surface area contributed by atoms with Crippen molar-refractivity contribution in [2.75, 3.05) is 4.90 Å². The van der Waals surface area contributed by atoms with Crippen molar-refractivity contribution < 1.29 is 9.59 Å². The molecule has 1 aliphatic heterocycles. The van der Waals surface area contributed by atoms with Crippen molar-refractivity contribution in [2.24, 2.45) is 0 Å². The Bertz CT molecular complexity index is 1090. The van der Waals surface area contributed by atoms with E-state index in [1.165, 1.54) is 4.90 Å². The van der Waals surface area contributed by atoms with Crippen LogP contribution in [-0.4, -0.2) is 11.8 Å². The number of amides is 2. The molecule has 0 saturated heterocycles. The number of carbonyl (C=O) groups excluding carboxylic acids is 2. The van der Waals surface area contributed by atoms with Crippen molar-refractivity contribution in [3.05, 3.63) is 101 Å². The van der Waals surface area contributed by atoms with Crippen LogP contribution in [0.4, 0.5) is 5.69 Å². The number of imide groups is 1. The minimum absolute atomic E-state index is 0.289. The number of anilines is 1. The lowest BCUT2D eigenvalue weighted by molar-refractivity contribution is -0.112.